The molecule has 6 heteroatoms. The Morgan fingerprint density at radius 2 is 1.62 bits per heavy atom. The standard InChI is InChI=1S/C23H19NO4S/c1-27-18-10-15(11-19(13-18)28-2)12-21-22(25)24(23(26)29-21)14-17-8-5-7-16-6-3-4-9-20(16)17/h3-13H,14H2,1-2H3/b21-12+. The van der Waals surface area contributed by atoms with E-state index in [1.54, 1.807) is 38.5 Å². The van der Waals surface area contributed by atoms with E-state index in [0.29, 0.717) is 16.4 Å². The minimum atomic E-state index is -0.297. The molecule has 1 aliphatic rings. The van der Waals surface area contributed by atoms with E-state index in [2.05, 4.69) is 0 Å². The molecular formula is C23H19NO4S. The highest BCUT2D eigenvalue weighted by Gasteiger charge is 2.35. The Morgan fingerprint density at radius 1 is 0.931 bits per heavy atom. The van der Waals surface area contributed by atoms with Crippen LogP contribution in [0.25, 0.3) is 16.8 Å². The van der Waals surface area contributed by atoms with Gasteiger partial charge in [0, 0.05) is 6.07 Å². The molecule has 4 rings (SSSR count). The normalized spacial score (nSPS) is 15.4. The summed E-state index contributed by atoms with van der Waals surface area (Å²) in [5, 5.41) is 1.84. The van der Waals surface area contributed by atoms with Gasteiger partial charge in [0.15, 0.2) is 0 Å². The third-order valence-electron chi connectivity index (χ3n) is 4.75. The van der Waals surface area contributed by atoms with Gasteiger partial charge in [0.1, 0.15) is 11.5 Å². The highest BCUT2D eigenvalue weighted by molar-refractivity contribution is 8.18. The fraction of sp³-hybridized carbons (Fsp3) is 0.130. The van der Waals surface area contributed by atoms with Crippen molar-refractivity contribution in [2.24, 2.45) is 0 Å². The number of imide groups is 1. The van der Waals surface area contributed by atoms with Gasteiger partial charge in [-0.2, -0.15) is 0 Å². The summed E-state index contributed by atoms with van der Waals surface area (Å²) in [6.45, 7) is 0.241. The van der Waals surface area contributed by atoms with Crippen LogP contribution < -0.4 is 9.47 Å². The van der Waals surface area contributed by atoms with Gasteiger partial charge in [-0.1, -0.05) is 42.5 Å². The molecule has 0 aromatic heterocycles. The van der Waals surface area contributed by atoms with E-state index in [1.165, 1.54) is 4.90 Å². The van der Waals surface area contributed by atoms with Gasteiger partial charge >= 0.3 is 0 Å². The smallest absolute Gasteiger partial charge is 0.293 e. The molecule has 1 saturated heterocycles. The van der Waals surface area contributed by atoms with Gasteiger partial charge in [0.05, 0.1) is 25.7 Å². The zero-order chi connectivity index (χ0) is 20.4. The van der Waals surface area contributed by atoms with Crippen molar-refractivity contribution >= 4 is 39.8 Å². The van der Waals surface area contributed by atoms with Crippen molar-refractivity contribution in [2.75, 3.05) is 14.2 Å². The molecule has 1 aliphatic heterocycles. The number of ether oxygens (including phenoxy) is 2. The van der Waals surface area contributed by atoms with Crippen LogP contribution in [0.1, 0.15) is 11.1 Å². The van der Waals surface area contributed by atoms with Gasteiger partial charge < -0.3 is 9.47 Å². The predicted molar refractivity (Wildman–Crippen MR) is 115 cm³/mol. The van der Waals surface area contributed by atoms with Crippen molar-refractivity contribution in [2.45, 2.75) is 6.54 Å². The maximum Gasteiger partial charge on any atom is 0.293 e. The molecule has 1 fully saturated rings. The Morgan fingerprint density at radius 3 is 2.34 bits per heavy atom. The molecule has 146 valence electrons. The monoisotopic (exact) mass is 405 g/mol. The lowest BCUT2D eigenvalue weighted by Gasteiger charge is -2.14. The highest BCUT2D eigenvalue weighted by Crippen LogP contribution is 2.35. The number of amides is 2. The van der Waals surface area contributed by atoms with Crippen molar-refractivity contribution in [1.29, 1.82) is 0 Å². The van der Waals surface area contributed by atoms with Gasteiger partial charge in [-0.05, 0) is 51.9 Å². The van der Waals surface area contributed by atoms with Crippen LogP contribution in [0.5, 0.6) is 11.5 Å². The summed E-state index contributed by atoms with van der Waals surface area (Å²) >= 11 is 0.945. The summed E-state index contributed by atoms with van der Waals surface area (Å²) in [5.41, 5.74) is 1.67. The van der Waals surface area contributed by atoms with Crippen molar-refractivity contribution < 1.29 is 19.1 Å². The molecule has 1 heterocycles. The number of thioether (sulfide) groups is 1. The van der Waals surface area contributed by atoms with Gasteiger partial charge in [0.2, 0.25) is 0 Å². The second kappa shape index (κ2) is 8.01. The largest absolute Gasteiger partial charge is 0.497 e. The molecule has 0 aliphatic carbocycles. The van der Waals surface area contributed by atoms with Crippen LogP contribution in [-0.2, 0) is 11.3 Å². The lowest BCUT2D eigenvalue weighted by molar-refractivity contribution is -0.123. The Bertz CT molecular complexity index is 1110. The van der Waals surface area contributed by atoms with Crippen LogP contribution in [-0.4, -0.2) is 30.3 Å². The minimum Gasteiger partial charge on any atom is -0.497 e. The number of carbonyl (C=O) groups is 2. The quantitative estimate of drug-likeness (QED) is 0.553. The van der Waals surface area contributed by atoms with Crippen molar-refractivity contribution in [1.82, 2.24) is 4.90 Å². The van der Waals surface area contributed by atoms with E-state index in [4.69, 9.17) is 9.47 Å². The molecular weight excluding hydrogens is 386 g/mol. The van der Waals surface area contributed by atoms with Crippen LogP contribution in [0.2, 0.25) is 0 Å². The van der Waals surface area contributed by atoms with Gasteiger partial charge in [-0.15, -0.1) is 0 Å². The molecule has 3 aromatic carbocycles. The number of fused-ring (bicyclic) bond motifs is 1. The average Bonchev–Trinajstić information content (AvgIpc) is 3.01. The number of methoxy groups -OCH3 is 2. The second-order valence-corrected chi connectivity index (χ2v) is 7.55. The molecule has 5 nitrogen and oxygen atoms in total. The summed E-state index contributed by atoms with van der Waals surface area (Å²) in [6, 6.07) is 19.2. The number of nitrogens with zero attached hydrogens (tertiary/aromatic N) is 1. The molecule has 0 atom stereocenters. The molecule has 0 unspecified atom stereocenters. The first-order chi connectivity index (χ1) is 14.1. The van der Waals surface area contributed by atoms with Crippen molar-refractivity contribution in [3.05, 3.63) is 76.7 Å². The maximum absolute atomic E-state index is 12.9. The van der Waals surface area contributed by atoms with Crippen LogP contribution in [0.15, 0.2) is 65.6 Å². The minimum absolute atomic E-state index is 0.241. The van der Waals surface area contributed by atoms with Crippen molar-refractivity contribution in [3.8, 4) is 11.5 Å². The van der Waals surface area contributed by atoms with E-state index >= 15 is 0 Å². The van der Waals surface area contributed by atoms with E-state index in [0.717, 1.165) is 33.7 Å². The fourth-order valence-corrected chi connectivity index (χ4v) is 4.14. The molecule has 2 amide bonds. The van der Waals surface area contributed by atoms with E-state index in [-0.39, 0.29) is 17.7 Å². The lowest BCUT2D eigenvalue weighted by atomic mass is 10.0. The molecule has 0 N–H and O–H groups in total. The van der Waals surface area contributed by atoms with E-state index < -0.39 is 0 Å². The third kappa shape index (κ3) is 3.84. The third-order valence-corrected chi connectivity index (χ3v) is 5.66. The zero-order valence-corrected chi connectivity index (χ0v) is 16.9. The van der Waals surface area contributed by atoms with E-state index in [9.17, 15) is 9.59 Å². The number of carbonyl (C=O) groups excluding carboxylic acids is 2. The van der Waals surface area contributed by atoms with Crippen LogP contribution in [0, 0.1) is 0 Å². The molecule has 29 heavy (non-hydrogen) atoms. The summed E-state index contributed by atoms with van der Waals surface area (Å²) in [4.78, 5) is 27.1. The Balaban J connectivity index is 1.63. The average molecular weight is 405 g/mol. The Labute approximate surface area is 172 Å². The second-order valence-electron chi connectivity index (χ2n) is 6.55. The molecule has 0 spiro atoms. The van der Waals surface area contributed by atoms with Crippen LogP contribution in [0.3, 0.4) is 0 Å². The van der Waals surface area contributed by atoms with Gasteiger partial charge in [-0.3, -0.25) is 14.5 Å². The summed E-state index contributed by atoms with van der Waals surface area (Å²) in [6.07, 6.45) is 1.69. The number of hydrogen-bond donors (Lipinski definition) is 0. The van der Waals surface area contributed by atoms with Crippen LogP contribution >= 0.6 is 11.8 Å². The highest BCUT2D eigenvalue weighted by atomic mass is 32.2. The first-order valence-electron chi connectivity index (χ1n) is 9.04. The van der Waals surface area contributed by atoms with Crippen molar-refractivity contribution in [3.63, 3.8) is 0 Å². The summed E-state index contributed by atoms with van der Waals surface area (Å²) in [7, 11) is 3.13. The van der Waals surface area contributed by atoms with Gasteiger partial charge in [0.25, 0.3) is 11.1 Å². The molecule has 0 radical (unpaired) electrons. The lowest BCUT2D eigenvalue weighted by Crippen LogP contribution is -2.27. The summed E-state index contributed by atoms with van der Waals surface area (Å²) < 4.78 is 10.5. The number of benzene rings is 3. The zero-order valence-electron chi connectivity index (χ0n) is 16.0. The first-order valence-corrected chi connectivity index (χ1v) is 9.86. The molecule has 0 saturated carbocycles. The van der Waals surface area contributed by atoms with Gasteiger partial charge in [-0.25, -0.2) is 0 Å². The fourth-order valence-electron chi connectivity index (χ4n) is 3.30. The van der Waals surface area contributed by atoms with E-state index in [1.807, 2.05) is 42.5 Å². The molecule has 0 bridgehead atoms. The summed E-state index contributed by atoms with van der Waals surface area (Å²) in [5.74, 6) is 0.936. The SMILES string of the molecule is COc1cc(/C=C2/SC(=O)N(Cc3cccc4ccccc34)C2=O)cc(OC)c1. The maximum atomic E-state index is 12.9. The Kier molecular flexibility index (Phi) is 5.27. The van der Waals surface area contributed by atoms with Crippen LogP contribution in [0.4, 0.5) is 4.79 Å². The first kappa shape index (κ1) is 19.1. The topological polar surface area (TPSA) is 55.8 Å². The molecule has 3 aromatic rings. The Hall–Kier alpha value is -3.25. The number of hydrogen-bond acceptors (Lipinski definition) is 5. The predicted octanol–water partition coefficient (Wildman–Crippen LogP) is 5.09. The number of rotatable bonds is 5.